The van der Waals surface area contributed by atoms with Crippen molar-refractivity contribution in [1.82, 2.24) is 4.98 Å². The van der Waals surface area contributed by atoms with Crippen molar-refractivity contribution in [3.63, 3.8) is 0 Å². The maximum Gasteiger partial charge on any atom is 0.214 e. The average Bonchev–Trinajstić information content (AvgIpc) is 2.84. The first kappa shape index (κ1) is 10.1. The molecule has 0 unspecified atom stereocenters. The zero-order valence-electron chi connectivity index (χ0n) is 8.61. The van der Waals surface area contributed by atoms with Crippen LogP contribution >= 0.6 is 15.9 Å². The number of nitrogens with zero attached hydrogens (tertiary/aromatic N) is 1. The molecule has 0 radical (unpaired) electrons. The van der Waals surface area contributed by atoms with E-state index in [0.717, 1.165) is 28.6 Å². The summed E-state index contributed by atoms with van der Waals surface area (Å²) in [6.07, 6.45) is 3.59. The van der Waals surface area contributed by atoms with Gasteiger partial charge in [0.05, 0.1) is 5.54 Å². The molecule has 3 nitrogen and oxygen atoms in total. The lowest BCUT2D eigenvalue weighted by Gasteiger charge is -2.01. The standard InChI is InChI=1S/C12H11BrN2O/c13-9-4-2-1-3-8(9)10-7-16-11(15-10)12(14)5-6-12/h1-4,7H,5-6,14H2. The number of hydrogen-bond acceptors (Lipinski definition) is 3. The first-order chi connectivity index (χ1) is 7.69. The molecule has 0 amide bonds. The Labute approximate surface area is 102 Å². The lowest BCUT2D eigenvalue weighted by molar-refractivity contribution is 0.440. The van der Waals surface area contributed by atoms with Crippen molar-refractivity contribution in [2.24, 2.45) is 5.73 Å². The quantitative estimate of drug-likeness (QED) is 0.919. The number of oxazole rings is 1. The molecule has 4 heteroatoms. The fraction of sp³-hybridized carbons (Fsp3) is 0.250. The van der Waals surface area contributed by atoms with Crippen molar-refractivity contribution in [2.45, 2.75) is 18.4 Å². The lowest BCUT2D eigenvalue weighted by Crippen LogP contribution is -2.18. The van der Waals surface area contributed by atoms with Crippen molar-refractivity contribution in [3.8, 4) is 11.3 Å². The fourth-order valence-electron chi connectivity index (χ4n) is 1.64. The number of hydrogen-bond donors (Lipinski definition) is 1. The summed E-state index contributed by atoms with van der Waals surface area (Å²) >= 11 is 3.50. The summed E-state index contributed by atoms with van der Waals surface area (Å²) < 4.78 is 6.45. The summed E-state index contributed by atoms with van der Waals surface area (Å²) in [6, 6.07) is 7.94. The van der Waals surface area contributed by atoms with E-state index in [-0.39, 0.29) is 5.54 Å². The molecule has 82 valence electrons. The minimum Gasteiger partial charge on any atom is -0.446 e. The van der Waals surface area contributed by atoms with Crippen molar-refractivity contribution in [1.29, 1.82) is 0 Å². The molecule has 0 aliphatic heterocycles. The number of rotatable bonds is 2. The minimum absolute atomic E-state index is 0.306. The molecular formula is C12H11BrN2O. The van der Waals surface area contributed by atoms with Gasteiger partial charge in [-0.3, -0.25) is 0 Å². The molecule has 1 saturated carbocycles. The maximum absolute atomic E-state index is 6.03. The Morgan fingerprint density at radius 3 is 2.75 bits per heavy atom. The Hall–Kier alpha value is -1.13. The highest BCUT2D eigenvalue weighted by atomic mass is 79.9. The molecule has 1 aromatic heterocycles. The monoisotopic (exact) mass is 278 g/mol. The highest BCUT2D eigenvalue weighted by Gasteiger charge is 2.44. The highest BCUT2D eigenvalue weighted by Crippen LogP contribution is 2.43. The smallest absolute Gasteiger partial charge is 0.214 e. The minimum atomic E-state index is -0.306. The van der Waals surface area contributed by atoms with E-state index in [0.29, 0.717) is 5.89 Å². The van der Waals surface area contributed by atoms with Crippen molar-refractivity contribution in [3.05, 3.63) is 40.9 Å². The largest absolute Gasteiger partial charge is 0.446 e. The number of nitrogens with two attached hydrogens (primary N) is 1. The predicted molar refractivity (Wildman–Crippen MR) is 64.7 cm³/mol. The van der Waals surface area contributed by atoms with Gasteiger partial charge >= 0.3 is 0 Å². The maximum atomic E-state index is 6.03. The van der Waals surface area contributed by atoms with E-state index in [2.05, 4.69) is 20.9 Å². The van der Waals surface area contributed by atoms with Crippen LogP contribution in [-0.4, -0.2) is 4.98 Å². The van der Waals surface area contributed by atoms with Crippen LogP contribution in [0.3, 0.4) is 0 Å². The molecule has 2 aromatic rings. The molecule has 1 fully saturated rings. The van der Waals surface area contributed by atoms with Gasteiger partial charge in [0.1, 0.15) is 12.0 Å². The molecule has 1 heterocycles. The third-order valence-corrected chi connectivity index (χ3v) is 3.56. The van der Waals surface area contributed by atoms with Gasteiger partial charge in [0, 0.05) is 10.0 Å². The van der Waals surface area contributed by atoms with E-state index in [9.17, 15) is 0 Å². The van der Waals surface area contributed by atoms with Crippen molar-refractivity contribution < 1.29 is 4.42 Å². The third kappa shape index (κ3) is 1.58. The van der Waals surface area contributed by atoms with Crippen LogP contribution in [0.1, 0.15) is 18.7 Å². The molecule has 0 bridgehead atoms. The number of benzene rings is 1. The van der Waals surface area contributed by atoms with E-state index in [1.165, 1.54) is 0 Å². The second kappa shape index (κ2) is 3.43. The Morgan fingerprint density at radius 1 is 1.31 bits per heavy atom. The molecule has 0 spiro atoms. The van der Waals surface area contributed by atoms with Crippen LogP contribution in [0.25, 0.3) is 11.3 Å². The summed E-state index contributed by atoms with van der Waals surface area (Å²) in [6.45, 7) is 0. The van der Waals surface area contributed by atoms with Crippen LogP contribution in [0.4, 0.5) is 0 Å². The Kier molecular flexibility index (Phi) is 2.16. The SMILES string of the molecule is NC1(c2nc(-c3ccccc3Br)co2)CC1. The van der Waals surface area contributed by atoms with E-state index >= 15 is 0 Å². The zero-order valence-corrected chi connectivity index (χ0v) is 10.2. The highest BCUT2D eigenvalue weighted by molar-refractivity contribution is 9.10. The fourth-order valence-corrected chi connectivity index (χ4v) is 2.13. The Balaban J connectivity index is 2.02. The average molecular weight is 279 g/mol. The summed E-state index contributed by atoms with van der Waals surface area (Å²) in [5.41, 5.74) is 7.59. The molecule has 1 aliphatic rings. The second-order valence-corrected chi connectivity index (χ2v) is 5.03. The summed E-state index contributed by atoms with van der Waals surface area (Å²) in [4.78, 5) is 4.45. The zero-order chi connectivity index (χ0) is 11.2. The van der Waals surface area contributed by atoms with Crippen LogP contribution in [0.5, 0.6) is 0 Å². The van der Waals surface area contributed by atoms with Crippen LogP contribution in [0.2, 0.25) is 0 Å². The van der Waals surface area contributed by atoms with Gasteiger partial charge in [0.25, 0.3) is 0 Å². The summed E-state index contributed by atoms with van der Waals surface area (Å²) in [7, 11) is 0. The van der Waals surface area contributed by atoms with E-state index in [1.807, 2.05) is 24.3 Å². The van der Waals surface area contributed by atoms with Gasteiger partial charge in [0.2, 0.25) is 5.89 Å². The topological polar surface area (TPSA) is 52.0 Å². The molecule has 3 rings (SSSR count). The normalized spacial score (nSPS) is 17.4. The van der Waals surface area contributed by atoms with Crippen LogP contribution in [-0.2, 0) is 5.54 Å². The van der Waals surface area contributed by atoms with Gasteiger partial charge in [0.15, 0.2) is 0 Å². The lowest BCUT2D eigenvalue weighted by atomic mass is 10.2. The molecule has 1 aromatic carbocycles. The van der Waals surface area contributed by atoms with E-state index < -0.39 is 0 Å². The van der Waals surface area contributed by atoms with E-state index in [1.54, 1.807) is 6.26 Å². The van der Waals surface area contributed by atoms with Gasteiger partial charge in [-0.05, 0) is 18.9 Å². The van der Waals surface area contributed by atoms with Crippen molar-refractivity contribution in [2.75, 3.05) is 0 Å². The molecule has 16 heavy (non-hydrogen) atoms. The Morgan fingerprint density at radius 2 is 2.06 bits per heavy atom. The predicted octanol–water partition coefficient (Wildman–Crippen LogP) is 3.05. The molecule has 2 N–H and O–H groups in total. The van der Waals surface area contributed by atoms with E-state index in [4.69, 9.17) is 10.2 Å². The molecule has 0 atom stereocenters. The van der Waals surface area contributed by atoms with Crippen molar-refractivity contribution >= 4 is 15.9 Å². The molecule has 0 saturated heterocycles. The van der Waals surface area contributed by atoms with Gasteiger partial charge in [-0.2, -0.15) is 0 Å². The molecule has 1 aliphatic carbocycles. The third-order valence-electron chi connectivity index (χ3n) is 2.87. The second-order valence-electron chi connectivity index (χ2n) is 4.17. The first-order valence-corrected chi connectivity index (χ1v) is 5.98. The van der Waals surface area contributed by atoms with Crippen LogP contribution < -0.4 is 5.73 Å². The van der Waals surface area contributed by atoms with Gasteiger partial charge < -0.3 is 10.2 Å². The van der Waals surface area contributed by atoms with Crippen LogP contribution in [0.15, 0.2) is 39.4 Å². The summed E-state index contributed by atoms with van der Waals surface area (Å²) in [5.74, 6) is 0.651. The first-order valence-electron chi connectivity index (χ1n) is 5.19. The summed E-state index contributed by atoms with van der Waals surface area (Å²) in [5, 5.41) is 0. The van der Waals surface area contributed by atoms with Crippen LogP contribution in [0, 0.1) is 0 Å². The van der Waals surface area contributed by atoms with Gasteiger partial charge in [-0.15, -0.1) is 0 Å². The van der Waals surface area contributed by atoms with Gasteiger partial charge in [-0.25, -0.2) is 4.98 Å². The number of halogens is 1. The Bertz CT molecular complexity index is 531. The molecular weight excluding hydrogens is 268 g/mol. The number of aromatic nitrogens is 1. The van der Waals surface area contributed by atoms with Gasteiger partial charge in [-0.1, -0.05) is 34.1 Å².